The number of hydrogen-bond acceptors (Lipinski definition) is 6. The zero-order chi connectivity index (χ0) is 21.8. The van der Waals surface area contributed by atoms with E-state index in [0.717, 1.165) is 11.1 Å². The van der Waals surface area contributed by atoms with Gasteiger partial charge in [-0.05, 0) is 49.2 Å². The molecular formula is C20H24Br2N2NiO4. The van der Waals surface area contributed by atoms with E-state index in [4.69, 9.17) is 18.9 Å². The van der Waals surface area contributed by atoms with Crippen LogP contribution in [-0.4, -0.2) is 40.9 Å². The van der Waals surface area contributed by atoms with Crippen LogP contribution in [0, 0.1) is 13.8 Å². The predicted molar refractivity (Wildman–Crippen MR) is 123 cm³/mol. The van der Waals surface area contributed by atoms with Gasteiger partial charge in [-0.1, -0.05) is 0 Å². The molecule has 0 fully saturated rings. The Labute approximate surface area is 192 Å². The Morgan fingerprint density at radius 2 is 0.897 bits per heavy atom. The van der Waals surface area contributed by atoms with E-state index in [9.17, 15) is 0 Å². The van der Waals surface area contributed by atoms with Crippen molar-refractivity contribution in [1.29, 1.82) is 0 Å². The normalized spacial score (nSPS) is 10.8. The second-order valence-corrected chi connectivity index (χ2v) is 10.6. The maximum absolute atomic E-state index is 5.39. The van der Waals surface area contributed by atoms with Gasteiger partial charge in [0.05, 0.1) is 28.4 Å². The number of methoxy groups -OCH3 is 4. The van der Waals surface area contributed by atoms with Crippen molar-refractivity contribution >= 4 is 52.3 Å². The second kappa shape index (κ2) is 13.6. The van der Waals surface area contributed by atoms with E-state index in [1.54, 1.807) is 40.9 Å². The van der Waals surface area contributed by atoms with E-state index in [-0.39, 0.29) is 0 Å². The first-order valence-corrected chi connectivity index (χ1v) is 13.2. The van der Waals surface area contributed by atoms with Gasteiger partial charge in [0.1, 0.15) is 34.4 Å². The summed E-state index contributed by atoms with van der Waals surface area (Å²) in [5.41, 5.74) is 3.27. The molecule has 2 aromatic rings. The van der Waals surface area contributed by atoms with Gasteiger partial charge >= 0.3 is 39.3 Å². The molecule has 2 rings (SSSR count). The van der Waals surface area contributed by atoms with Gasteiger partial charge in [-0.15, -0.1) is 0 Å². The van der Waals surface area contributed by atoms with Crippen molar-refractivity contribution in [2.24, 2.45) is 9.98 Å². The molecule has 0 N–H and O–H groups in total. The van der Waals surface area contributed by atoms with Gasteiger partial charge in [-0.2, -0.15) is 0 Å². The molecule has 0 unspecified atom stereocenters. The van der Waals surface area contributed by atoms with Crippen molar-refractivity contribution in [3.63, 3.8) is 0 Å². The van der Waals surface area contributed by atoms with Crippen molar-refractivity contribution < 1.29 is 29.8 Å². The summed E-state index contributed by atoms with van der Waals surface area (Å²) in [4.78, 5) is 8.85. The molecule has 0 atom stereocenters. The number of hydrogen-bond donors (Lipinski definition) is 0. The Bertz CT molecular complexity index is 741. The minimum absolute atomic E-state index is 0.606. The molecule has 162 valence electrons. The Kier molecular flexibility index (Phi) is 12.0. The van der Waals surface area contributed by atoms with Crippen LogP contribution >= 0.6 is 28.5 Å². The molecule has 9 heteroatoms. The molecule has 0 amide bonds. The summed E-state index contributed by atoms with van der Waals surface area (Å²) in [7, 11) is 7.65. The molecule has 0 radical (unpaired) electrons. The predicted octanol–water partition coefficient (Wildman–Crippen LogP) is 6.13. The van der Waals surface area contributed by atoms with E-state index < -0.39 is 0 Å². The molecule has 0 aliphatic rings. The van der Waals surface area contributed by atoms with Gasteiger partial charge in [-0.25, -0.2) is 9.98 Å². The number of benzene rings is 2. The average Bonchev–Trinajstić information content (AvgIpc) is 2.71. The molecule has 0 bridgehead atoms. The van der Waals surface area contributed by atoms with Crippen LogP contribution in [0.2, 0.25) is 0 Å². The molecule has 6 nitrogen and oxygen atoms in total. The molecule has 0 aliphatic carbocycles. The molecule has 0 saturated heterocycles. The topological polar surface area (TPSA) is 61.6 Å². The van der Waals surface area contributed by atoms with Gasteiger partial charge < -0.3 is 18.9 Å². The fraction of sp³-hybridized carbons (Fsp3) is 0.300. The fourth-order valence-corrected chi connectivity index (χ4v) is 2.52. The SMILES string of the molecule is COc1cc(C)cc(OC)c1N=CC=Nc1c(OC)cc(C)cc1OC.[Br][Ni][Br]. The van der Waals surface area contributed by atoms with E-state index in [0.29, 0.717) is 34.4 Å². The second-order valence-electron chi connectivity index (χ2n) is 5.64. The van der Waals surface area contributed by atoms with Crippen molar-refractivity contribution in [2.45, 2.75) is 13.8 Å². The summed E-state index contributed by atoms with van der Waals surface area (Å²) < 4.78 is 21.6. The van der Waals surface area contributed by atoms with Crippen LogP contribution in [-0.2, 0) is 10.9 Å². The van der Waals surface area contributed by atoms with E-state index in [1.165, 1.54) is 10.9 Å². The molecule has 0 aromatic heterocycles. The maximum atomic E-state index is 5.39. The Morgan fingerprint density at radius 1 is 0.655 bits per heavy atom. The molecule has 0 aliphatic heterocycles. The van der Waals surface area contributed by atoms with Gasteiger partial charge in [0, 0.05) is 12.4 Å². The van der Waals surface area contributed by atoms with E-state index in [2.05, 4.69) is 38.4 Å². The summed E-state index contributed by atoms with van der Waals surface area (Å²) >= 11 is 6.00. The van der Waals surface area contributed by atoms with Crippen LogP contribution in [0.4, 0.5) is 11.4 Å². The molecule has 0 heterocycles. The number of aryl methyl sites for hydroxylation is 2. The first-order valence-electron chi connectivity index (χ1n) is 8.29. The fourth-order valence-electron chi connectivity index (χ4n) is 2.52. The zero-order valence-corrected chi connectivity index (χ0v) is 21.2. The van der Waals surface area contributed by atoms with Crippen LogP contribution in [0.3, 0.4) is 0 Å². The third-order valence-electron chi connectivity index (χ3n) is 3.72. The third kappa shape index (κ3) is 7.64. The van der Waals surface area contributed by atoms with Crippen LogP contribution < -0.4 is 18.9 Å². The number of rotatable bonds is 7. The molecule has 2 aromatic carbocycles. The number of aliphatic imine (C=N–C) groups is 2. The first-order chi connectivity index (χ1) is 13.9. The van der Waals surface area contributed by atoms with Crippen LogP contribution in [0.1, 0.15) is 11.1 Å². The first kappa shape index (κ1) is 25.5. The number of nitrogens with zero attached hydrogens (tertiary/aromatic N) is 2. The summed E-state index contributed by atoms with van der Waals surface area (Å²) in [6.07, 6.45) is 3.16. The monoisotopic (exact) mass is 572 g/mol. The summed E-state index contributed by atoms with van der Waals surface area (Å²) in [6.45, 7) is 3.94. The molecule has 0 spiro atoms. The van der Waals surface area contributed by atoms with Gasteiger partial charge in [0.2, 0.25) is 0 Å². The molecular weight excluding hydrogens is 551 g/mol. The number of halogens is 2. The standard InChI is InChI=1S/C20H24N2O4.2BrH.Ni/c1-13-9-15(23-3)19(16(10-13)24-4)21-7-8-22-20-17(25-5)11-14(2)12-18(20)26-6;;;/h7-12H,1-6H3;2*1H;/q;;;+2/p-2. The van der Waals surface area contributed by atoms with Crippen molar-refractivity contribution in [3.05, 3.63) is 35.4 Å². The van der Waals surface area contributed by atoms with Gasteiger partial charge in [0.25, 0.3) is 0 Å². The van der Waals surface area contributed by atoms with Crippen LogP contribution in [0.25, 0.3) is 0 Å². The molecule has 29 heavy (non-hydrogen) atoms. The third-order valence-corrected chi connectivity index (χ3v) is 3.72. The van der Waals surface area contributed by atoms with Crippen LogP contribution in [0.5, 0.6) is 23.0 Å². The summed E-state index contributed by atoms with van der Waals surface area (Å²) in [5.74, 6) is 2.54. The van der Waals surface area contributed by atoms with Crippen molar-refractivity contribution in [3.8, 4) is 23.0 Å². The summed E-state index contributed by atoms with van der Waals surface area (Å²) in [6, 6.07) is 7.60. The molecule has 0 saturated carbocycles. The number of ether oxygens (including phenoxy) is 4. The van der Waals surface area contributed by atoms with E-state index >= 15 is 0 Å². The Morgan fingerprint density at radius 3 is 1.10 bits per heavy atom. The average molecular weight is 575 g/mol. The van der Waals surface area contributed by atoms with Crippen molar-refractivity contribution in [1.82, 2.24) is 0 Å². The van der Waals surface area contributed by atoms with Crippen molar-refractivity contribution in [2.75, 3.05) is 28.4 Å². The Balaban J connectivity index is 0.00000132. The van der Waals surface area contributed by atoms with Crippen LogP contribution in [0.15, 0.2) is 34.3 Å². The Hall–Kier alpha value is -1.57. The minimum atomic E-state index is 0.606. The van der Waals surface area contributed by atoms with Gasteiger partial charge in [-0.3, -0.25) is 0 Å². The quantitative estimate of drug-likeness (QED) is 0.295. The summed E-state index contributed by atoms with van der Waals surface area (Å²) in [5, 5.41) is 0. The van der Waals surface area contributed by atoms with E-state index in [1.807, 2.05) is 38.1 Å². The van der Waals surface area contributed by atoms with Gasteiger partial charge in [0.15, 0.2) is 0 Å². The zero-order valence-electron chi connectivity index (χ0n) is 17.1.